The van der Waals surface area contributed by atoms with E-state index in [2.05, 4.69) is 48.9 Å². The van der Waals surface area contributed by atoms with Gasteiger partial charge in [0.1, 0.15) is 0 Å². The van der Waals surface area contributed by atoms with Crippen molar-refractivity contribution in [3.63, 3.8) is 0 Å². The summed E-state index contributed by atoms with van der Waals surface area (Å²) in [5, 5.41) is 1.35. The maximum Gasteiger partial charge on any atom is 0.0480 e. The van der Waals surface area contributed by atoms with Crippen molar-refractivity contribution in [3.05, 3.63) is 36.0 Å². The van der Waals surface area contributed by atoms with Crippen molar-refractivity contribution in [2.75, 3.05) is 6.54 Å². The molecule has 0 aliphatic heterocycles. The number of hydrogen-bond acceptors (Lipinski definition) is 1. The predicted molar refractivity (Wildman–Crippen MR) is 74.3 cm³/mol. The highest BCUT2D eigenvalue weighted by Gasteiger charge is 2.04. The maximum absolute atomic E-state index is 5.52. The standard InChI is InChI=1S/C15H22N2/c1-12(2)13-5-6-15-14(11-13)7-10-17(15)9-4-3-8-16/h5-7,10-12H,3-4,8-9,16H2,1-2H3. The van der Waals surface area contributed by atoms with Gasteiger partial charge >= 0.3 is 0 Å². The molecule has 2 nitrogen and oxygen atoms in total. The summed E-state index contributed by atoms with van der Waals surface area (Å²) in [5.74, 6) is 0.597. The van der Waals surface area contributed by atoms with E-state index in [0.717, 1.165) is 25.9 Å². The summed E-state index contributed by atoms with van der Waals surface area (Å²) >= 11 is 0. The normalized spacial score (nSPS) is 11.5. The second kappa shape index (κ2) is 5.37. The largest absolute Gasteiger partial charge is 0.347 e. The lowest BCUT2D eigenvalue weighted by Gasteiger charge is -2.07. The smallest absolute Gasteiger partial charge is 0.0480 e. The van der Waals surface area contributed by atoms with Crippen molar-refractivity contribution in [2.45, 2.75) is 39.2 Å². The SMILES string of the molecule is CC(C)c1ccc2c(ccn2CCCCN)c1. The highest BCUT2D eigenvalue weighted by atomic mass is 14.9. The van der Waals surface area contributed by atoms with Crippen molar-refractivity contribution in [1.82, 2.24) is 4.57 Å². The van der Waals surface area contributed by atoms with E-state index >= 15 is 0 Å². The topological polar surface area (TPSA) is 30.9 Å². The van der Waals surface area contributed by atoms with E-state index in [9.17, 15) is 0 Å². The summed E-state index contributed by atoms with van der Waals surface area (Å²) in [6.45, 7) is 6.33. The summed E-state index contributed by atoms with van der Waals surface area (Å²) in [5.41, 5.74) is 8.28. The molecule has 0 fully saturated rings. The van der Waals surface area contributed by atoms with Crippen LogP contribution < -0.4 is 5.73 Å². The molecule has 0 atom stereocenters. The first-order valence-electron chi connectivity index (χ1n) is 6.51. The molecule has 0 aliphatic carbocycles. The Morgan fingerprint density at radius 3 is 2.71 bits per heavy atom. The number of aromatic nitrogens is 1. The molecule has 2 N–H and O–H groups in total. The van der Waals surface area contributed by atoms with Crippen LogP contribution in [-0.2, 0) is 6.54 Å². The van der Waals surface area contributed by atoms with E-state index in [1.165, 1.54) is 16.5 Å². The van der Waals surface area contributed by atoms with Crippen LogP contribution in [0.15, 0.2) is 30.5 Å². The number of benzene rings is 1. The molecule has 0 amide bonds. The van der Waals surface area contributed by atoms with Gasteiger partial charge in [-0.15, -0.1) is 0 Å². The molecule has 1 heterocycles. The van der Waals surface area contributed by atoms with Crippen LogP contribution >= 0.6 is 0 Å². The fourth-order valence-electron chi connectivity index (χ4n) is 2.20. The van der Waals surface area contributed by atoms with Gasteiger partial charge in [-0.3, -0.25) is 0 Å². The molecule has 0 radical (unpaired) electrons. The zero-order valence-electron chi connectivity index (χ0n) is 10.8. The van der Waals surface area contributed by atoms with Gasteiger partial charge < -0.3 is 10.3 Å². The molecule has 0 spiro atoms. The second-order valence-electron chi connectivity index (χ2n) is 4.98. The molecule has 0 saturated carbocycles. The molecule has 1 aromatic carbocycles. The molecule has 0 unspecified atom stereocenters. The summed E-state index contributed by atoms with van der Waals surface area (Å²) in [4.78, 5) is 0. The second-order valence-corrected chi connectivity index (χ2v) is 4.98. The Bertz CT molecular complexity index is 483. The molecule has 0 aliphatic rings. The van der Waals surface area contributed by atoms with Gasteiger partial charge in [-0.25, -0.2) is 0 Å². The van der Waals surface area contributed by atoms with Gasteiger partial charge in [-0.05, 0) is 54.5 Å². The maximum atomic E-state index is 5.52. The van der Waals surface area contributed by atoms with Crippen molar-refractivity contribution in [3.8, 4) is 0 Å². The molecular weight excluding hydrogens is 208 g/mol. The van der Waals surface area contributed by atoms with E-state index in [1.54, 1.807) is 0 Å². The number of nitrogens with two attached hydrogens (primary N) is 1. The summed E-state index contributed by atoms with van der Waals surface area (Å²) in [7, 11) is 0. The third-order valence-corrected chi connectivity index (χ3v) is 3.31. The molecule has 0 saturated heterocycles. The van der Waals surface area contributed by atoms with Gasteiger partial charge in [-0.1, -0.05) is 19.9 Å². The highest BCUT2D eigenvalue weighted by Crippen LogP contribution is 2.22. The lowest BCUT2D eigenvalue weighted by molar-refractivity contribution is 0.630. The van der Waals surface area contributed by atoms with Gasteiger partial charge in [0.05, 0.1) is 0 Å². The van der Waals surface area contributed by atoms with Crippen LogP contribution in [0.25, 0.3) is 10.9 Å². The fraction of sp³-hybridized carbons (Fsp3) is 0.467. The Labute approximate surface area is 103 Å². The van der Waals surface area contributed by atoms with Gasteiger partial charge in [0.15, 0.2) is 0 Å². The Balaban J connectivity index is 2.22. The van der Waals surface area contributed by atoms with E-state index in [0.29, 0.717) is 5.92 Å². The zero-order chi connectivity index (χ0) is 12.3. The van der Waals surface area contributed by atoms with Crippen LogP contribution in [0.4, 0.5) is 0 Å². The van der Waals surface area contributed by atoms with Gasteiger partial charge in [0.2, 0.25) is 0 Å². The first-order valence-corrected chi connectivity index (χ1v) is 6.51. The zero-order valence-corrected chi connectivity index (χ0v) is 10.8. The van der Waals surface area contributed by atoms with Crippen molar-refractivity contribution in [1.29, 1.82) is 0 Å². The lowest BCUT2D eigenvalue weighted by atomic mass is 10.0. The average Bonchev–Trinajstić information content (AvgIpc) is 2.72. The van der Waals surface area contributed by atoms with Crippen LogP contribution in [-0.4, -0.2) is 11.1 Å². The van der Waals surface area contributed by atoms with E-state index in [-0.39, 0.29) is 0 Å². The number of rotatable bonds is 5. The van der Waals surface area contributed by atoms with E-state index in [1.807, 2.05) is 0 Å². The Morgan fingerprint density at radius 2 is 2.00 bits per heavy atom. The minimum Gasteiger partial charge on any atom is -0.347 e. The van der Waals surface area contributed by atoms with Crippen molar-refractivity contribution >= 4 is 10.9 Å². The monoisotopic (exact) mass is 230 g/mol. The minimum absolute atomic E-state index is 0.597. The van der Waals surface area contributed by atoms with Crippen LogP contribution in [0.1, 0.15) is 38.2 Å². The van der Waals surface area contributed by atoms with Gasteiger partial charge in [-0.2, -0.15) is 0 Å². The molecule has 1 aromatic heterocycles. The van der Waals surface area contributed by atoms with Crippen molar-refractivity contribution < 1.29 is 0 Å². The molecule has 2 heteroatoms. The molecule has 2 rings (SSSR count). The van der Waals surface area contributed by atoms with Crippen LogP contribution in [0.3, 0.4) is 0 Å². The number of nitrogens with zero attached hydrogens (tertiary/aromatic N) is 1. The number of fused-ring (bicyclic) bond motifs is 1. The summed E-state index contributed by atoms with van der Waals surface area (Å²) in [6.07, 6.45) is 4.45. The van der Waals surface area contributed by atoms with E-state index < -0.39 is 0 Å². The lowest BCUT2D eigenvalue weighted by Crippen LogP contribution is -2.02. The first-order chi connectivity index (χ1) is 8.22. The Kier molecular flexibility index (Phi) is 3.85. The highest BCUT2D eigenvalue weighted by molar-refractivity contribution is 5.81. The summed E-state index contributed by atoms with van der Waals surface area (Å²) in [6, 6.07) is 9.00. The third kappa shape index (κ3) is 2.70. The van der Waals surface area contributed by atoms with Crippen molar-refractivity contribution in [2.24, 2.45) is 5.73 Å². The van der Waals surface area contributed by atoms with E-state index in [4.69, 9.17) is 5.73 Å². The quantitative estimate of drug-likeness (QED) is 0.783. The number of aryl methyl sites for hydroxylation is 1. The summed E-state index contributed by atoms with van der Waals surface area (Å²) < 4.78 is 2.33. The third-order valence-electron chi connectivity index (χ3n) is 3.31. The average molecular weight is 230 g/mol. The molecular formula is C15H22N2. The predicted octanol–water partition coefficient (Wildman–Crippen LogP) is 3.50. The molecule has 17 heavy (non-hydrogen) atoms. The fourth-order valence-corrected chi connectivity index (χ4v) is 2.20. The van der Waals surface area contributed by atoms with Crippen LogP contribution in [0.2, 0.25) is 0 Å². The Morgan fingerprint density at radius 1 is 1.18 bits per heavy atom. The first kappa shape index (κ1) is 12.2. The Hall–Kier alpha value is -1.28. The minimum atomic E-state index is 0.597. The molecule has 92 valence electrons. The number of unbranched alkanes of at least 4 members (excludes halogenated alkanes) is 1. The number of hydrogen-bond donors (Lipinski definition) is 1. The van der Waals surface area contributed by atoms with Crippen LogP contribution in [0, 0.1) is 0 Å². The molecule has 0 bridgehead atoms. The van der Waals surface area contributed by atoms with Gasteiger partial charge in [0.25, 0.3) is 0 Å². The van der Waals surface area contributed by atoms with Crippen LogP contribution in [0.5, 0.6) is 0 Å². The molecule has 2 aromatic rings. The van der Waals surface area contributed by atoms with Gasteiger partial charge in [0, 0.05) is 18.3 Å².